The Labute approximate surface area is 182 Å². The molecule has 2 fully saturated rings. The molecule has 2 N–H and O–H groups in total. The van der Waals surface area contributed by atoms with Crippen LogP contribution in [0, 0.1) is 5.92 Å². The van der Waals surface area contributed by atoms with Crippen molar-refractivity contribution in [1.82, 2.24) is 20.4 Å². The maximum absolute atomic E-state index is 5.80. The summed E-state index contributed by atoms with van der Waals surface area (Å²) in [6, 6.07) is 0. The first-order valence-corrected chi connectivity index (χ1v) is 10.4. The Morgan fingerprint density at radius 3 is 2.41 bits per heavy atom. The zero-order valence-corrected chi connectivity index (χ0v) is 19.6. The summed E-state index contributed by atoms with van der Waals surface area (Å²) >= 11 is 0. The summed E-state index contributed by atoms with van der Waals surface area (Å²) in [4.78, 5) is 9.33. The van der Waals surface area contributed by atoms with E-state index >= 15 is 0 Å². The van der Waals surface area contributed by atoms with E-state index in [1.165, 1.54) is 32.7 Å². The van der Waals surface area contributed by atoms with Gasteiger partial charge in [0, 0.05) is 79.3 Å². The van der Waals surface area contributed by atoms with Crippen molar-refractivity contribution in [2.45, 2.75) is 26.2 Å². The molecule has 27 heavy (non-hydrogen) atoms. The number of likely N-dealkylation sites (N-methyl/N-ethyl adjacent to an activating group) is 1. The second-order valence-corrected chi connectivity index (χ2v) is 7.19. The van der Waals surface area contributed by atoms with Gasteiger partial charge in [-0.2, -0.15) is 0 Å². The molecular weight excluding hydrogens is 457 g/mol. The number of hydrogen-bond acceptors (Lipinski definition) is 5. The Hall–Kier alpha value is -0.160. The van der Waals surface area contributed by atoms with Crippen LogP contribution >= 0.6 is 24.0 Å². The van der Waals surface area contributed by atoms with Crippen LogP contribution in [0.1, 0.15) is 26.2 Å². The van der Waals surface area contributed by atoms with Crippen LogP contribution in [0.25, 0.3) is 0 Å². The number of nitrogens with one attached hydrogen (secondary N) is 2. The Bertz CT molecular complexity index is 386. The second-order valence-electron chi connectivity index (χ2n) is 7.19. The molecule has 8 heteroatoms. The summed E-state index contributed by atoms with van der Waals surface area (Å²) in [6.45, 7) is 14.5. The van der Waals surface area contributed by atoms with E-state index in [1.54, 1.807) is 0 Å². The number of nitrogens with zero attached hydrogens (tertiary/aromatic N) is 3. The van der Waals surface area contributed by atoms with Crippen LogP contribution in [0.2, 0.25) is 0 Å². The van der Waals surface area contributed by atoms with Gasteiger partial charge in [0.1, 0.15) is 0 Å². The van der Waals surface area contributed by atoms with Gasteiger partial charge in [-0.1, -0.05) is 6.92 Å². The molecule has 2 heterocycles. The van der Waals surface area contributed by atoms with Gasteiger partial charge in [-0.15, -0.1) is 24.0 Å². The standard InChI is InChI=1S/C19H39N5O2.HI/c1-3-23-10-12-24(13-11-23)9-8-22-19(20-2)21-7-4-14-26-17-18-5-15-25-16-6-18;/h18H,3-17H2,1-2H3,(H2,20,21,22);1H. The molecular formula is C19H40IN5O2. The molecule has 0 aromatic heterocycles. The molecule has 2 aliphatic heterocycles. The molecule has 0 saturated carbocycles. The molecule has 0 aliphatic carbocycles. The fraction of sp³-hybridized carbons (Fsp3) is 0.947. The minimum atomic E-state index is 0. The summed E-state index contributed by atoms with van der Waals surface area (Å²) in [5.74, 6) is 1.58. The van der Waals surface area contributed by atoms with Crippen LogP contribution in [0.15, 0.2) is 4.99 Å². The number of rotatable bonds is 10. The number of guanidine groups is 1. The number of hydrogen-bond donors (Lipinski definition) is 2. The summed E-state index contributed by atoms with van der Waals surface area (Å²) < 4.78 is 11.2. The maximum Gasteiger partial charge on any atom is 0.191 e. The minimum Gasteiger partial charge on any atom is -0.381 e. The van der Waals surface area contributed by atoms with Crippen LogP contribution in [-0.4, -0.2) is 102 Å². The zero-order valence-electron chi connectivity index (χ0n) is 17.3. The molecule has 2 saturated heterocycles. The molecule has 0 aromatic carbocycles. The van der Waals surface area contributed by atoms with Gasteiger partial charge < -0.3 is 25.0 Å². The monoisotopic (exact) mass is 497 g/mol. The molecule has 0 aromatic rings. The van der Waals surface area contributed by atoms with Crippen molar-refractivity contribution in [3.8, 4) is 0 Å². The second kappa shape index (κ2) is 15.7. The van der Waals surface area contributed by atoms with Gasteiger partial charge in [0.05, 0.1) is 0 Å². The fourth-order valence-corrected chi connectivity index (χ4v) is 3.43. The quantitative estimate of drug-likeness (QED) is 0.205. The molecule has 0 radical (unpaired) electrons. The molecule has 2 rings (SSSR count). The predicted octanol–water partition coefficient (Wildman–Crippen LogP) is 1.24. The lowest BCUT2D eigenvalue weighted by atomic mass is 10.0. The lowest BCUT2D eigenvalue weighted by Gasteiger charge is -2.34. The van der Waals surface area contributed by atoms with Gasteiger partial charge in [0.25, 0.3) is 0 Å². The van der Waals surface area contributed by atoms with Gasteiger partial charge >= 0.3 is 0 Å². The van der Waals surface area contributed by atoms with Crippen LogP contribution < -0.4 is 10.6 Å². The lowest BCUT2D eigenvalue weighted by molar-refractivity contribution is 0.0203. The molecule has 0 atom stereocenters. The van der Waals surface area contributed by atoms with Crippen molar-refractivity contribution < 1.29 is 9.47 Å². The van der Waals surface area contributed by atoms with E-state index < -0.39 is 0 Å². The van der Waals surface area contributed by atoms with Gasteiger partial charge in [0.15, 0.2) is 5.96 Å². The summed E-state index contributed by atoms with van der Waals surface area (Å²) in [7, 11) is 1.83. The largest absolute Gasteiger partial charge is 0.381 e. The van der Waals surface area contributed by atoms with E-state index in [-0.39, 0.29) is 24.0 Å². The summed E-state index contributed by atoms with van der Waals surface area (Å²) in [5, 5.41) is 6.79. The summed E-state index contributed by atoms with van der Waals surface area (Å²) in [5.41, 5.74) is 0. The highest BCUT2D eigenvalue weighted by Gasteiger charge is 2.15. The first kappa shape index (κ1) is 24.9. The highest BCUT2D eigenvalue weighted by Crippen LogP contribution is 2.14. The van der Waals surface area contributed by atoms with E-state index in [9.17, 15) is 0 Å². The Morgan fingerprint density at radius 2 is 1.74 bits per heavy atom. The third-order valence-corrected chi connectivity index (χ3v) is 5.31. The van der Waals surface area contributed by atoms with Gasteiger partial charge in [-0.05, 0) is 31.7 Å². The SMILES string of the molecule is CCN1CCN(CCNC(=NC)NCCCOCC2CCOCC2)CC1.I. The van der Waals surface area contributed by atoms with Gasteiger partial charge in [-0.25, -0.2) is 0 Å². The highest BCUT2D eigenvalue weighted by molar-refractivity contribution is 14.0. The summed E-state index contributed by atoms with van der Waals surface area (Å²) in [6.07, 6.45) is 3.29. The van der Waals surface area contributed by atoms with Crippen molar-refractivity contribution in [2.75, 3.05) is 85.8 Å². The third-order valence-electron chi connectivity index (χ3n) is 5.31. The zero-order chi connectivity index (χ0) is 18.5. The van der Waals surface area contributed by atoms with Crippen molar-refractivity contribution in [3.05, 3.63) is 0 Å². The molecule has 0 unspecified atom stereocenters. The van der Waals surface area contributed by atoms with E-state index in [0.717, 1.165) is 71.3 Å². The number of piperazine rings is 1. The van der Waals surface area contributed by atoms with Crippen LogP contribution in [0.5, 0.6) is 0 Å². The predicted molar refractivity (Wildman–Crippen MR) is 122 cm³/mol. The number of aliphatic imine (C=N–C) groups is 1. The van der Waals surface area contributed by atoms with Crippen molar-refractivity contribution in [3.63, 3.8) is 0 Å². The Kier molecular flexibility index (Phi) is 14.5. The normalized spacial score (nSPS) is 20.3. The average molecular weight is 497 g/mol. The van der Waals surface area contributed by atoms with E-state index in [0.29, 0.717) is 5.92 Å². The highest BCUT2D eigenvalue weighted by atomic mass is 127. The number of ether oxygens (including phenoxy) is 2. The van der Waals surface area contributed by atoms with Crippen LogP contribution in [0.4, 0.5) is 0 Å². The molecule has 0 amide bonds. The van der Waals surface area contributed by atoms with E-state index in [2.05, 4.69) is 32.3 Å². The fourth-order valence-electron chi connectivity index (χ4n) is 3.43. The molecule has 7 nitrogen and oxygen atoms in total. The van der Waals surface area contributed by atoms with Crippen molar-refractivity contribution >= 4 is 29.9 Å². The smallest absolute Gasteiger partial charge is 0.191 e. The van der Waals surface area contributed by atoms with Crippen LogP contribution in [0.3, 0.4) is 0 Å². The third kappa shape index (κ3) is 10.8. The number of halogens is 1. The van der Waals surface area contributed by atoms with E-state index in [1.807, 2.05) is 7.05 Å². The Morgan fingerprint density at radius 1 is 1.07 bits per heavy atom. The topological polar surface area (TPSA) is 61.4 Å². The average Bonchev–Trinajstić information content (AvgIpc) is 2.70. The lowest BCUT2D eigenvalue weighted by Crippen LogP contribution is -2.49. The van der Waals surface area contributed by atoms with Crippen molar-refractivity contribution in [2.24, 2.45) is 10.9 Å². The van der Waals surface area contributed by atoms with Crippen molar-refractivity contribution in [1.29, 1.82) is 0 Å². The molecule has 0 bridgehead atoms. The van der Waals surface area contributed by atoms with Gasteiger partial charge in [0.2, 0.25) is 0 Å². The maximum atomic E-state index is 5.80. The van der Waals surface area contributed by atoms with E-state index in [4.69, 9.17) is 9.47 Å². The first-order valence-electron chi connectivity index (χ1n) is 10.4. The molecule has 2 aliphatic rings. The first-order chi connectivity index (χ1) is 12.8. The Balaban J connectivity index is 0.00000364. The van der Waals surface area contributed by atoms with Crippen LogP contribution in [-0.2, 0) is 9.47 Å². The molecule has 0 spiro atoms. The minimum absolute atomic E-state index is 0. The molecule has 160 valence electrons. The van der Waals surface area contributed by atoms with Gasteiger partial charge in [-0.3, -0.25) is 9.89 Å².